The van der Waals surface area contributed by atoms with Crippen LogP contribution in [0.5, 0.6) is 0 Å². The number of benzene rings is 2. The molecule has 1 aromatic heterocycles. The second kappa shape index (κ2) is 8.73. The maximum absolute atomic E-state index is 13.4. The van der Waals surface area contributed by atoms with E-state index in [1.807, 2.05) is 0 Å². The zero-order chi connectivity index (χ0) is 24.6. The van der Waals surface area contributed by atoms with E-state index >= 15 is 0 Å². The molecule has 176 valence electrons. The van der Waals surface area contributed by atoms with Crippen LogP contribution in [0, 0.1) is 6.92 Å². The summed E-state index contributed by atoms with van der Waals surface area (Å²) in [6.45, 7) is 1.57. The van der Waals surface area contributed by atoms with Crippen LogP contribution in [-0.2, 0) is 27.0 Å². The van der Waals surface area contributed by atoms with E-state index in [9.17, 15) is 32.3 Å². The van der Waals surface area contributed by atoms with Gasteiger partial charge in [0.1, 0.15) is 11.9 Å². The summed E-state index contributed by atoms with van der Waals surface area (Å²) in [4.78, 5) is 54.2. The summed E-state index contributed by atoms with van der Waals surface area (Å²) in [5, 5.41) is 4.91. The van der Waals surface area contributed by atoms with Gasteiger partial charge in [0.25, 0.3) is 5.56 Å². The number of piperidine rings is 1. The molecule has 0 spiro atoms. The fourth-order valence-corrected chi connectivity index (χ4v) is 3.94. The van der Waals surface area contributed by atoms with Crippen LogP contribution in [0.3, 0.4) is 0 Å². The number of rotatable bonds is 4. The van der Waals surface area contributed by atoms with Gasteiger partial charge in [-0.25, -0.2) is 4.98 Å². The highest BCUT2D eigenvalue weighted by Gasteiger charge is 2.31. The zero-order valence-electron chi connectivity index (χ0n) is 17.9. The van der Waals surface area contributed by atoms with E-state index in [4.69, 9.17) is 0 Å². The first-order valence-electron chi connectivity index (χ1n) is 10.4. The quantitative estimate of drug-likeness (QED) is 0.568. The molecule has 3 amide bonds. The maximum atomic E-state index is 13.4. The molecule has 1 fully saturated rings. The number of hydrogen-bond donors (Lipinski definition) is 2. The normalized spacial score (nSPS) is 16.4. The van der Waals surface area contributed by atoms with Gasteiger partial charge in [0.15, 0.2) is 0 Å². The summed E-state index contributed by atoms with van der Waals surface area (Å²) in [7, 11) is 0. The predicted octanol–water partition coefficient (Wildman–Crippen LogP) is 2.88. The number of carbonyl (C=O) groups excluding carboxylic acids is 3. The molecular weight excluding hydrogens is 453 g/mol. The second-order valence-corrected chi connectivity index (χ2v) is 7.92. The van der Waals surface area contributed by atoms with Crippen molar-refractivity contribution in [3.05, 3.63) is 69.8 Å². The molecule has 1 aliphatic heterocycles. The molecule has 2 heterocycles. The van der Waals surface area contributed by atoms with Crippen molar-refractivity contribution in [2.24, 2.45) is 0 Å². The number of amides is 3. The van der Waals surface area contributed by atoms with Crippen LogP contribution in [0.15, 0.2) is 47.3 Å². The van der Waals surface area contributed by atoms with Gasteiger partial charge in [-0.1, -0.05) is 18.2 Å². The van der Waals surface area contributed by atoms with Crippen LogP contribution in [0.2, 0.25) is 0 Å². The number of alkyl halides is 3. The van der Waals surface area contributed by atoms with Crippen molar-refractivity contribution in [3.8, 4) is 0 Å². The Kier molecular flexibility index (Phi) is 5.94. The topological polar surface area (TPSA) is 110 Å². The second-order valence-electron chi connectivity index (χ2n) is 7.92. The smallest absolute Gasteiger partial charge is 0.325 e. The van der Waals surface area contributed by atoms with Crippen LogP contribution < -0.4 is 16.2 Å². The summed E-state index contributed by atoms with van der Waals surface area (Å²) in [6, 6.07) is 7.98. The van der Waals surface area contributed by atoms with E-state index in [0.29, 0.717) is 11.1 Å². The predicted molar refractivity (Wildman–Crippen MR) is 116 cm³/mol. The Morgan fingerprint density at radius 3 is 2.50 bits per heavy atom. The summed E-state index contributed by atoms with van der Waals surface area (Å²) >= 11 is 0. The Hall–Kier alpha value is -4.02. The first-order valence-corrected chi connectivity index (χ1v) is 10.4. The standard InChI is InChI=1S/C23H19F3N4O4/c1-12-27-15-3-2-4-16(20(15)22(34)30(12)17-9-10-18(31)29-21(17)33)28-19(32)11-13-5-7-14(8-6-13)23(24,25)26/h2-8,17H,9-11H2,1H3,(H,28,32)(H,29,31,33). The Morgan fingerprint density at radius 1 is 1.15 bits per heavy atom. The van der Waals surface area contributed by atoms with Crippen molar-refractivity contribution in [3.63, 3.8) is 0 Å². The molecule has 11 heteroatoms. The number of hydrogen-bond acceptors (Lipinski definition) is 5. The fourth-order valence-electron chi connectivity index (χ4n) is 3.94. The lowest BCUT2D eigenvalue weighted by molar-refractivity contribution is -0.138. The van der Waals surface area contributed by atoms with Crippen LogP contribution in [0.4, 0.5) is 18.9 Å². The number of aromatic nitrogens is 2. The summed E-state index contributed by atoms with van der Waals surface area (Å²) in [6.07, 6.45) is -4.47. The van der Waals surface area contributed by atoms with Crippen LogP contribution >= 0.6 is 0 Å². The Morgan fingerprint density at radius 2 is 1.85 bits per heavy atom. The highest BCUT2D eigenvalue weighted by molar-refractivity contribution is 6.02. The molecule has 1 aliphatic rings. The molecule has 1 saturated heterocycles. The largest absolute Gasteiger partial charge is 0.416 e. The summed E-state index contributed by atoms with van der Waals surface area (Å²) in [5.41, 5.74) is -0.546. The van der Waals surface area contributed by atoms with Crippen LogP contribution in [0.25, 0.3) is 10.9 Å². The van der Waals surface area contributed by atoms with Gasteiger partial charge in [-0.15, -0.1) is 0 Å². The van der Waals surface area contributed by atoms with Crippen molar-refractivity contribution < 1.29 is 27.6 Å². The van der Waals surface area contributed by atoms with Gasteiger partial charge in [-0.05, 0) is 43.2 Å². The average molecular weight is 472 g/mol. The molecule has 0 saturated carbocycles. The third kappa shape index (κ3) is 4.54. The van der Waals surface area contributed by atoms with E-state index < -0.39 is 41.1 Å². The Bertz CT molecular complexity index is 1360. The number of imide groups is 1. The molecule has 4 rings (SSSR count). The van der Waals surface area contributed by atoms with Crippen LogP contribution in [0.1, 0.15) is 35.8 Å². The Labute approximate surface area is 190 Å². The molecule has 0 aliphatic carbocycles. The molecular formula is C23H19F3N4O4. The molecule has 1 atom stereocenters. The van der Waals surface area contributed by atoms with Crippen LogP contribution in [-0.4, -0.2) is 27.3 Å². The lowest BCUT2D eigenvalue weighted by Gasteiger charge is -2.24. The van der Waals surface area contributed by atoms with E-state index in [0.717, 1.165) is 12.1 Å². The lowest BCUT2D eigenvalue weighted by Crippen LogP contribution is -2.45. The third-order valence-corrected chi connectivity index (χ3v) is 5.55. The maximum Gasteiger partial charge on any atom is 0.416 e. The first-order chi connectivity index (χ1) is 16.0. The number of halogens is 3. The number of aryl methyl sites for hydroxylation is 1. The first kappa shape index (κ1) is 23.1. The van der Waals surface area contributed by atoms with Crippen molar-refractivity contribution >= 4 is 34.3 Å². The summed E-state index contributed by atoms with van der Waals surface area (Å²) in [5.74, 6) is -1.29. The van der Waals surface area contributed by atoms with Gasteiger partial charge in [-0.3, -0.25) is 29.1 Å². The molecule has 8 nitrogen and oxygen atoms in total. The van der Waals surface area contributed by atoms with Crippen molar-refractivity contribution in [1.29, 1.82) is 0 Å². The zero-order valence-corrected chi connectivity index (χ0v) is 17.9. The van der Waals surface area contributed by atoms with E-state index in [1.54, 1.807) is 19.1 Å². The average Bonchev–Trinajstić information content (AvgIpc) is 2.74. The monoisotopic (exact) mass is 472 g/mol. The molecule has 1 unspecified atom stereocenters. The van der Waals surface area contributed by atoms with E-state index in [-0.39, 0.29) is 36.2 Å². The lowest BCUT2D eigenvalue weighted by atomic mass is 10.0. The van der Waals surface area contributed by atoms with Crippen molar-refractivity contribution in [1.82, 2.24) is 14.9 Å². The minimum atomic E-state index is -4.47. The molecule has 34 heavy (non-hydrogen) atoms. The molecule has 0 bridgehead atoms. The Balaban J connectivity index is 1.64. The van der Waals surface area contributed by atoms with Gasteiger partial charge < -0.3 is 5.32 Å². The van der Waals surface area contributed by atoms with Gasteiger partial charge in [-0.2, -0.15) is 13.2 Å². The van der Waals surface area contributed by atoms with E-state index in [1.165, 1.54) is 22.8 Å². The number of nitrogens with zero attached hydrogens (tertiary/aromatic N) is 2. The molecule has 2 N–H and O–H groups in total. The van der Waals surface area contributed by atoms with Crippen molar-refractivity contribution in [2.75, 3.05) is 5.32 Å². The third-order valence-electron chi connectivity index (χ3n) is 5.55. The minimum Gasteiger partial charge on any atom is -0.325 e. The fraction of sp³-hybridized carbons (Fsp3) is 0.261. The minimum absolute atomic E-state index is 0.0752. The molecule has 0 radical (unpaired) electrons. The van der Waals surface area contributed by atoms with Gasteiger partial charge in [0.2, 0.25) is 17.7 Å². The SMILES string of the molecule is Cc1nc2cccc(NC(=O)Cc3ccc(C(F)(F)F)cc3)c2c(=O)n1C1CCC(=O)NC1=O. The van der Waals surface area contributed by atoms with Crippen molar-refractivity contribution in [2.45, 2.75) is 38.4 Å². The number of fused-ring (bicyclic) bond motifs is 1. The molecule has 3 aromatic rings. The molecule has 2 aromatic carbocycles. The van der Waals surface area contributed by atoms with Gasteiger partial charge in [0, 0.05) is 6.42 Å². The number of carbonyl (C=O) groups is 3. The highest BCUT2D eigenvalue weighted by Crippen LogP contribution is 2.29. The number of nitrogens with one attached hydrogen (secondary N) is 2. The number of anilines is 1. The van der Waals surface area contributed by atoms with Gasteiger partial charge in [0.05, 0.1) is 28.6 Å². The van der Waals surface area contributed by atoms with Gasteiger partial charge >= 0.3 is 6.18 Å². The van der Waals surface area contributed by atoms with E-state index in [2.05, 4.69) is 15.6 Å². The highest BCUT2D eigenvalue weighted by atomic mass is 19.4. The summed E-state index contributed by atoms with van der Waals surface area (Å²) < 4.78 is 39.4.